The van der Waals surface area contributed by atoms with Crippen LogP contribution in [0.25, 0.3) is 5.52 Å². The second kappa shape index (κ2) is 8.69. The van der Waals surface area contributed by atoms with Crippen molar-refractivity contribution < 1.29 is 14.4 Å². The highest BCUT2D eigenvalue weighted by molar-refractivity contribution is 5.99. The van der Waals surface area contributed by atoms with Crippen LogP contribution >= 0.6 is 0 Å². The van der Waals surface area contributed by atoms with Crippen molar-refractivity contribution in [1.29, 1.82) is 0 Å². The van der Waals surface area contributed by atoms with E-state index in [2.05, 4.69) is 0 Å². The Morgan fingerprint density at radius 1 is 0.848 bits per heavy atom. The number of pyridine rings is 1. The van der Waals surface area contributed by atoms with Crippen LogP contribution in [0.2, 0.25) is 0 Å². The number of aromatic nitrogens is 2. The molecule has 3 amide bonds. The van der Waals surface area contributed by atoms with Crippen LogP contribution < -0.4 is 0 Å². The molecule has 2 fully saturated rings. The van der Waals surface area contributed by atoms with Gasteiger partial charge in [0.1, 0.15) is 5.82 Å². The number of imidazole rings is 1. The summed E-state index contributed by atoms with van der Waals surface area (Å²) in [6, 6.07) is 14.8. The molecule has 2 aromatic heterocycles. The molecule has 0 bridgehead atoms. The number of carbonyl (C=O) groups is 3. The second-order valence-electron chi connectivity index (χ2n) is 8.60. The lowest BCUT2D eigenvalue weighted by Gasteiger charge is -2.34. The Bertz CT molecular complexity index is 1200. The summed E-state index contributed by atoms with van der Waals surface area (Å²) in [5.74, 6) is 0.615. The van der Waals surface area contributed by atoms with Gasteiger partial charge in [0.05, 0.1) is 11.6 Å². The average Bonchev–Trinajstić information content (AvgIpc) is 3.49. The molecular formula is C25H27N5O3. The van der Waals surface area contributed by atoms with Crippen LogP contribution in [0.15, 0.2) is 54.7 Å². The molecule has 0 spiro atoms. The zero-order valence-corrected chi connectivity index (χ0v) is 18.7. The van der Waals surface area contributed by atoms with Gasteiger partial charge in [-0.15, -0.1) is 0 Å². The molecule has 4 heterocycles. The number of likely N-dealkylation sites (tertiary alicyclic amines) is 1. The van der Waals surface area contributed by atoms with Gasteiger partial charge in [0.15, 0.2) is 5.69 Å². The lowest BCUT2D eigenvalue weighted by atomic mass is 10.2. The molecule has 1 atom stereocenters. The van der Waals surface area contributed by atoms with E-state index in [-0.39, 0.29) is 23.8 Å². The molecule has 0 aliphatic carbocycles. The average molecular weight is 446 g/mol. The molecule has 2 aliphatic heterocycles. The molecule has 0 unspecified atom stereocenters. The predicted octanol–water partition coefficient (Wildman–Crippen LogP) is 2.62. The Balaban J connectivity index is 1.36. The third-order valence-corrected chi connectivity index (χ3v) is 6.61. The first-order valence-corrected chi connectivity index (χ1v) is 11.4. The molecule has 0 radical (unpaired) electrons. The van der Waals surface area contributed by atoms with Gasteiger partial charge in [-0.3, -0.25) is 14.4 Å². The maximum Gasteiger partial charge on any atom is 0.274 e. The number of carbonyl (C=O) groups excluding carboxylic acids is 3. The number of hydrogen-bond donors (Lipinski definition) is 0. The van der Waals surface area contributed by atoms with Gasteiger partial charge in [-0.1, -0.05) is 24.3 Å². The van der Waals surface area contributed by atoms with Gasteiger partial charge < -0.3 is 19.1 Å². The van der Waals surface area contributed by atoms with E-state index in [0.717, 1.165) is 24.2 Å². The first-order valence-electron chi connectivity index (χ1n) is 11.4. The molecule has 33 heavy (non-hydrogen) atoms. The van der Waals surface area contributed by atoms with Crippen LogP contribution in [0.5, 0.6) is 0 Å². The quantitative estimate of drug-likeness (QED) is 0.621. The van der Waals surface area contributed by atoms with E-state index in [1.807, 2.05) is 64.0 Å². The minimum absolute atomic E-state index is 0.0111. The zero-order valence-electron chi connectivity index (χ0n) is 18.7. The number of rotatable bonds is 3. The third kappa shape index (κ3) is 3.86. The van der Waals surface area contributed by atoms with E-state index < -0.39 is 0 Å². The number of benzene rings is 1. The fourth-order valence-corrected chi connectivity index (χ4v) is 4.89. The van der Waals surface area contributed by atoms with Crippen molar-refractivity contribution >= 4 is 23.2 Å². The van der Waals surface area contributed by atoms with Crippen LogP contribution in [0.1, 0.15) is 52.5 Å². The van der Waals surface area contributed by atoms with Crippen LogP contribution in [-0.2, 0) is 4.79 Å². The standard InChI is InChI=1S/C25H27N5O3/c1-18(31)29-13-7-11-21(29)23-26-22(20-10-5-6-12-30(20)23)25(33)28-16-14-27(15-17-28)24(32)19-8-3-2-4-9-19/h2-6,8-10,12,21H,7,11,13-17H2,1H3/t21-/m1/s1. The van der Waals surface area contributed by atoms with Gasteiger partial charge in [0.25, 0.3) is 11.8 Å². The van der Waals surface area contributed by atoms with Gasteiger partial charge in [-0.05, 0) is 37.1 Å². The van der Waals surface area contributed by atoms with Gasteiger partial charge in [-0.2, -0.15) is 0 Å². The summed E-state index contributed by atoms with van der Waals surface area (Å²) in [5, 5.41) is 0. The van der Waals surface area contributed by atoms with E-state index in [1.54, 1.807) is 16.7 Å². The van der Waals surface area contributed by atoms with Gasteiger partial charge in [0, 0.05) is 51.4 Å². The van der Waals surface area contributed by atoms with E-state index >= 15 is 0 Å². The maximum atomic E-state index is 13.5. The minimum atomic E-state index is -0.135. The summed E-state index contributed by atoms with van der Waals surface area (Å²) in [7, 11) is 0. The largest absolute Gasteiger partial charge is 0.335 e. The lowest BCUT2D eigenvalue weighted by molar-refractivity contribution is -0.129. The molecule has 8 nitrogen and oxygen atoms in total. The summed E-state index contributed by atoms with van der Waals surface area (Å²) < 4.78 is 1.94. The van der Waals surface area contributed by atoms with Gasteiger partial charge >= 0.3 is 0 Å². The summed E-state index contributed by atoms with van der Waals surface area (Å²) >= 11 is 0. The number of nitrogens with zero attached hydrogens (tertiary/aromatic N) is 5. The highest BCUT2D eigenvalue weighted by Crippen LogP contribution is 2.32. The predicted molar refractivity (Wildman–Crippen MR) is 123 cm³/mol. The molecule has 8 heteroatoms. The Morgan fingerprint density at radius 2 is 1.52 bits per heavy atom. The fourth-order valence-electron chi connectivity index (χ4n) is 4.89. The lowest BCUT2D eigenvalue weighted by Crippen LogP contribution is -2.50. The van der Waals surface area contributed by atoms with E-state index in [0.29, 0.717) is 44.0 Å². The Kier molecular flexibility index (Phi) is 5.58. The summed E-state index contributed by atoms with van der Waals surface area (Å²) in [6.07, 6.45) is 3.66. The first-order chi connectivity index (χ1) is 16.0. The van der Waals surface area contributed by atoms with Crippen molar-refractivity contribution in [1.82, 2.24) is 24.1 Å². The van der Waals surface area contributed by atoms with Crippen molar-refractivity contribution in [2.45, 2.75) is 25.8 Å². The minimum Gasteiger partial charge on any atom is -0.335 e. The monoisotopic (exact) mass is 445 g/mol. The Morgan fingerprint density at radius 3 is 2.21 bits per heavy atom. The Labute approximate surface area is 192 Å². The normalized spacial score (nSPS) is 18.7. The maximum absolute atomic E-state index is 13.5. The summed E-state index contributed by atoms with van der Waals surface area (Å²) in [6.45, 7) is 4.18. The van der Waals surface area contributed by atoms with Crippen molar-refractivity contribution in [3.8, 4) is 0 Å². The van der Waals surface area contributed by atoms with Crippen molar-refractivity contribution in [2.75, 3.05) is 32.7 Å². The molecule has 0 N–H and O–H groups in total. The molecule has 2 aliphatic rings. The Hall–Kier alpha value is -3.68. The van der Waals surface area contributed by atoms with Gasteiger partial charge in [0.2, 0.25) is 5.91 Å². The number of fused-ring (bicyclic) bond motifs is 1. The fraction of sp³-hybridized carbons (Fsp3) is 0.360. The van der Waals surface area contributed by atoms with Crippen LogP contribution in [0.3, 0.4) is 0 Å². The topological polar surface area (TPSA) is 78.2 Å². The molecule has 0 saturated carbocycles. The third-order valence-electron chi connectivity index (χ3n) is 6.61. The van der Waals surface area contributed by atoms with Crippen molar-refractivity contribution in [3.63, 3.8) is 0 Å². The van der Waals surface area contributed by atoms with Crippen LogP contribution in [-0.4, -0.2) is 74.5 Å². The van der Waals surface area contributed by atoms with Crippen LogP contribution in [0.4, 0.5) is 0 Å². The second-order valence-corrected chi connectivity index (χ2v) is 8.60. The van der Waals surface area contributed by atoms with Crippen molar-refractivity contribution in [2.24, 2.45) is 0 Å². The highest BCUT2D eigenvalue weighted by Gasteiger charge is 2.34. The summed E-state index contributed by atoms with van der Waals surface area (Å²) in [5.41, 5.74) is 1.81. The molecule has 2 saturated heterocycles. The van der Waals surface area contributed by atoms with Gasteiger partial charge in [-0.25, -0.2) is 4.98 Å². The summed E-state index contributed by atoms with van der Waals surface area (Å²) in [4.78, 5) is 48.5. The first kappa shape index (κ1) is 21.2. The smallest absolute Gasteiger partial charge is 0.274 e. The van der Waals surface area contributed by atoms with E-state index in [4.69, 9.17) is 4.98 Å². The van der Waals surface area contributed by atoms with Crippen LogP contribution in [0, 0.1) is 0 Å². The SMILES string of the molecule is CC(=O)N1CCC[C@@H]1c1nc(C(=O)N2CCN(C(=O)c3ccccc3)CC2)c2ccccn12. The zero-order chi connectivity index (χ0) is 22.9. The molecule has 170 valence electrons. The highest BCUT2D eigenvalue weighted by atomic mass is 16.2. The number of amides is 3. The molecule has 5 rings (SSSR count). The van der Waals surface area contributed by atoms with E-state index in [9.17, 15) is 14.4 Å². The molecule has 1 aromatic carbocycles. The van der Waals surface area contributed by atoms with Crippen molar-refractivity contribution in [3.05, 3.63) is 71.8 Å². The number of hydrogen-bond acceptors (Lipinski definition) is 4. The molecule has 3 aromatic rings. The van der Waals surface area contributed by atoms with E-state index in [1.165, 1.54) is 0 Å². The number of piperazine rings is 1. The molecular weight excluding hydrogens is 418 g/mol.